The second-order valence-electron chi connectivity index (χ2n) is 6.11. The van der Waals surface area contributed by atoms with E-state index in [2.05, 4.69) is 6.92 Å². The standard InChI is InChI=1S/C18H36O4/c1-2-3-4-6-9-12-17(20)13-10-7-5-8-11-14-18(21)22-16-15-19/h17,19-20H,2-16H2,1H3. The molecule has 4 nitrogen and oxygen atoms in total. The Morgan fingerprint density at radius 1 is 0.909 bits per heavy atom. The van der Waals surface area contributed by atoms with Crippen LogP contribution in [0.1, 0.15) is 90.4 Å². The highest BCUT2D eigenvalue weighted by atomic mass is 16.5. The highest BCUT2D eigenvalue weighted by molar-refractivity contribution is 5.69. The van der Waals surface area contributed by atoms with Crippen molar-refractivity contribution >= 4 is 5.97 Å². The van der Waals surface area contributed by atoms with Crippen LogP contribution in [0.3, 0.4) is 0 Å². The number of hydrogen-bond acceptors (Lipinski definition) is 4. The van der Waals surface area contributed by atoms with E-state index in [1.165, 1.54) is 25.7 Å². The van der Waals surface area contributed by atoms with E-state index in [-0.39, 0.29) is 25.3 Å². The SMILES string of the molecule is CCCCCCCC(O)CCCCCCCC(=O)OCCO. The topological polar surface area (TPSA) is 66.8 Å². The van der Waals surface area contributed by atoms with Crippen molar-refractivity contribution in [2.45, 2.75) is 96.5 Å². The van der Waals surface area contributed by atoms with Crippen molar-refractivity contribution in [1.29, 1.82) is 0 Å². The van der Waals surface area contributed by atoms with Gasteiger partial charge >= 0.3 is 5.97 Å². The van der Waals surface area contributed by atoms with Gasteiger partial charge in [-0.25, -0.2) is 0 Å². The number of carbonyl (C=O) groups excluding carboxylic acids is 1. The van der Waals surface area contributed by atoms with Crippen molar-refractivity contribution in [1.82, 2.24) is 0 Å². The van der Waals surface area contributed by atoms with E-state index in [0.717, 1.165) is 51.4 Å². The predicted octanol–water partition coefficient (Wildman–Crippen LogP) is 3.97. The number of esters is 1. The maximum Gasteiger partial charge on any atom is 0.305 e. The van der Waals surface area contributed by atoms with Gasteiger partial charge in [0.05, 0.1) is 12.7 Å². The maximum atomic E-state index is 11.2. The fraction of sp³-hybridized carbons (Fsp3) is 0.944. The number of carbonyl (C=O) groups is 1. The van der Waals surface area contributed by atoms with Gasteiger partial charge in [-0.15, -0.1) is 0 Å². The predicted molar refractivity (Wildman–Crippen MR) is 89.7 cm³/mol. The first-order valence-corrected chi connectivity index (χ1v) is 9.15. The van der Waals surface area contributed by atoms with Crippen molar-refractivity contribution in [3.63, 3.8) is 0 Å². The second-order valence-corrected chi connectivity index (χ2v) is 6.11. The van der Waals surface area contributed by atoms with E-state index in [4.69, 9.17) is 9.84 Å². The summed E-state index contributed by atoms with van der Waals surface area (Å²) in [6.45, 7) is 2.22. The lowest BCUT2D eigenvalue weighted by Gasteiger charge is -2.10. The number of ether oxygens (including phenoxy) is 1. The molecule has 0 aliphatic heterocycles. The van der Waals surface area contributed by atoms with Gasteiger partial charge in [-0.3, -0.25) is 4.79 Å². The average molecular weight is 316 g/mol. The normalized spacial score (nSPS) is 12.3. The molecule has 132 valence electrons. The van der Waals surface area contributed by atoms with E-state index < -0.39 is 0 Å². The summed E-state index contributed by atoms with van der Waals surface area (Å²) in [6, 6.07) is 0. The van der Waals surface area contributed by atoms with Crippen LogP contribution in [-0.4, -0.2) is 35.5 Å². The van der Waals surface area contributed by atoms with Crippen LogP contribution in [0.5, 0.6) is 0 Å². The summed E-state index contributed by atoms with van der Waals surface area (Å²) >= 11 is 0. The number of rotatable bonds is 16. The van der Waals surface area contributed by atoms with E-state index in [9.17, 15) is 9.90 Å². The van der Waals surface area contributed by atoms with Crippen LogP contribution in [0.2, 0.25) is 0 Å². The molecule has 0 aromatic carbocycles. The first-order valence-electron chi connectivity index (χ1n) is 9.15. The van der Waals surface area contributed by atoms with Gasteiger partial charge in [0, 0.05) is 6.42 Å². The van der Waals surface area contributed by atoms with Crippen LogP contribution >= 0.6 is 0 Å². The van der Waals surface area contributed by atoms with Crippen LogP contribution in [-0.2, 0) is 9.53 Å². The summed E-state index contributed by atoms with van der Waals surface area (Å²) in [4.78, 5) is 11.2. The largest absolute Gasteiger partial charge is 0.463 e. The lowest BCUT2D eigenvalue weighted by atomic mass is 10.0. The van der Waals surface area contributed by atoms with Crippen LogP contribution in [0.15, 0.2) is 0 Å². The monoisotopic (exact) mass is 316 g/mol. The fourth-order valence-electron chi connectivity index (χ4n) is 2.54. The summed E-state index contributed by atoms with van der Waals surface area (Å²) < 4.78 is 4.79. The molecule has 0 bridgehead atoms. The molecule has 0 aromatic rings. The Kier molecular flexibility index (Phi) is 16.3. The third kappa shape index (κ3) is 15.8. The van der Waals surface area contributed by atoms with Gasteiger partial charge < -0.3 is 14.9 Å². The Morgan fingerprint density at radius 3 is 2.05 bits per heavy atom. The molecule has 4 heteroatoms. The summed E-state index contributed by atoms with van der Waals surface area (Å²) in [5.74, 6) is -0.215. The van der Waals surface area contributed by atoms with Crippen molar-refractivity contribution in [3.05, 3.63) is 0 Å². The minimum Gasteiger partial charge on any atom is -0.463 e. The first kappa shape index (κ1) is 21.4. The van der Waals surface area contributed by atoms with Gasteiger partial charge in [0.15, 0.2) is 0 Å². The number of unbranched alkanes of at least 4 members (excludes halogenated alkanes) is 8. The summed E-state index contributed by atoms with van der Waals surface area (Å²) in [6.07, 6.45) is 13.6. The molecule has 0 aromatic heterocycles. The van der Waals surface area contributed by atoms with Crippen molar-refractivity contribution < 1.29 is 19.7 Å². The zero-order valence-corrected chi connectivity index (χ0v) is 14.4. The third-order valence-electron chi connectivity index (χ3n) is 3.91. The fourth-order valence-corrected chi connectivity index (χ4v) is 2.54. The second kappa shape index (κ2) is 16.8. The molecular formula is C18H36O4. The molecule has 0 saturated carbocycles. The molecule has 1 atom stereocenters. The molecule has 0 spiro atoms. The molecule has 0 radical (unpaired) electrons. The van der Waals surface area contributed by atoms with Crippen molar-refractivity contribution in [2.24, 2.45) is 0 Å². The molecule has 0 aliphatic rings. The molecular weight excluding hydrogens is 280 g/mol. The molecule has 0 amide bonds. The number of hydrogen-bond donors (Lipinski definition) is 2. The van der Waals surface area contributed by atoms with E-state index in [1.54, 1.807) is 0 Å². The smallest absolute Gasteiger partial charge is 0.305 e. The highest BCUT2D eigenvalue weighted by Crippen LogP contribution is 2.13. The Bertz CT molecular complexity index is 243. The van der Waals surface area contributed by atoms with Gasteiger partial charge in [0.2, 0.25) is 0 Å². The van der Waals surface area contributed by atoms with Gasteiger partial charge in [-0.05, 0) is 19.3 Å². The Labute approximate surface area is 136 Å². The quantitative estimate of drug-likeness (QED) is 0.334. The molecule has 22 heavy (non-hydrogen) atoms. The van der Waals surface area contributed by atoms with E-state index in [0.29, 0.717) is 6.42 Å². The van der Waals surface area contributed by atoms with Crippen LogP contribution in [0.25, 0.3) is 0 Å². The minimum atomic E-state index is -0.215. The van der Waals surface area contributed by atoms with Crippen molar-refractivity contribution in [3.8, 4) is 0 Å². The summed E-state index contributed by atoms with van der Waals surface area (Å²) in [7, 11) is 0. The Hall–Kier alpha value is -0.610. The molecule has 0 aliphatic carbocycles. The van der Waals surface area contributed by atoms with Gasteiger partial charge in [-0.2, -0.15) is 0 Å². The van der Waals surface area contributed by atoms with Crippen LogP contribution in [0, 0.1) is 0 Å². The average Bonchev–Trinajstić information content (AvgIpc) is 2.51. The number of aliphatic hydroxyl groups is 2. The molecule has 2 N–H and O–H groups in total. The zero-order chi connectivity index (χ0) is 16.5. The van der Waals surface area contributed by atoms with E-state index in [1.807, 2.05) is 0 Å². The summed E-state index contributed by atoms with van der Waals surface area (Å²) in [5.41, 5.74) is 0. The lowest BCUT2D eigenvalue weighted by Crippen LogP contribution is -2.08. The Morgan fingerprint density at radius 2 is 1.45 bits per heavy atom. The van der Waals surface area contributed by atoms with Crippen LogP contribution < -0.4 is 0 Å². The first-order chi connectivity index (χ1) is 10.7. The van der Waals surface area contributed by atoms with Gasteiger partial charge in [0.1, 0.15) is 6.61 Å². The zero-order valence-electron chi connectivity index (χ0n) is 14.4. The van der Waals surface area contributed by atoms with Gasteiger partial charge in [0.25, 0.3) is 0 Å². The third-order valence-corrected chi connectivity index (χ3v) is 3.91. The molecule has 1 unspecified atom stereocenters. The Balaban J connectivity index is 3.22. The number of aliphatic hydroxyl groups excluding tert-OH is 2. The molecule has 0 rings (SSSR count). The maximum absolute atomic E-state index is 11.2. The lowest BCUT2D eigenvalue weighted by molar-refractivity contribution is -0.144. The molecule has 0 heterocycles. The summed E-state index contributed by atoms with van der Waals surface area (Å²) in [5, 5.41) is 18.4. The molecule has 0 saturated heterocycles. The van der Waals surface area contributed by atoms with E-state index >= 15 is 0 Å². The molecule has 0 fully saturated rings. The van der Waals surface area contributed by atoms with Gasteiger partial charge in [-0.1, -0.05) is 64.7 Å². The highest BCUT2D eigenvalue weighted by Gasteiger charge is 2.04. The van der Waals surface area contributed by atoms with Crippen LogP contribution in [0.4, 0.5) is 0 Å². The van der Waals surface area contributed by atoms with Crippen molar-refractivity contribution in [2.75, 3.05) is 13.2 Å². The minimum absolute atomic E-state index is 0.104.